The highest BCUT2D eigenvalue weighted by Crippen LogP contribution is 2.26. The normalized spacial score (nSPS) is 15.5. The summed E-state index contributed by atoms with van der Waals surface area (Å²) in [5, 5.41) is 3.06. The third kappa shape index (κ3) is 4.85. The number of rotatable bonds is 5. The van der Waals surface area contributed by atoms with Crippen LogP contribution in [-0.2, 0) is 11.2 Å². The molecule has 1 amide bonds. The first-order valence-electron chi connectivity index (χ1n) is 7.84. The smallest absolute Gasteiger partial charge is 0.228 e. The van der Waals surface area contributed by atoms with Crippen LogP contribution in [0.4, 0.5) is 0 Å². The molecule has 0 bridgehead atoms. The number of carbonyl (C=O) groups is 1. The number of nitrogens with zero attached hydrogens (tertiary/aromatic N) is 2. The Kier molecular flexibility index (Phi) is 5.98. The van der Waals surface area contributed by atoms with Crippen molar-refractivity contribution in [1.82, 2.24) is 9.88 Å². The van der Waals surface area contributed by atoms with Crippen LogP contribution in [0, 0.1) is 5.92 Å². The number of carbonyl (C=O) groups excluding carboxylic acids is 1. The molecule has 0 N–H and O–H groups in total. The van der Waals surface area contributed by atoms with Crippen LogP contribution in [0.5, 0.6) is 5.75 Å². The molecule has 0 atom stereocenters. The highest BCUT2D eigenvalue weighted by Gasteiger charge is 2.23. The molecule has 7 heteroatoms. The van der Waals surface area contributed by atoms with Gasteiger partial charge in [0.05, 0.1) is 24.2 Å². The second-order valence-corrected chi connectivity index (χ2v) is 7.49. The molecule has 1 aliphatic heterocycles. The zero-order chi connectivity index (χ0) is 16.9. The van der Waals surface area contributed by atoms with E-state index < -0.39 is 0 Å². The second kappa shape index (κ2) is 8.19. The Morgan fingerprint density at radius 1 is 1.25 bits per heavy atom. The Hall–Kier alpha value is -1.30. The van der Waals surface area contributed by atoms with Gasteiger partial charge in [0.25, 0.3) is 0 Å². The summed E-state index contributed by atoms with van der Waals surface area (Å²) >= 11 is 13.5. The predicted octanol–water partition coefficient (Wildman–Crippen LogP) is 4.31. The third-order valence-corrected chi connectivity index (χ3v) is 5.18. The van der Waals surface area contributed by atoms with Gasteiger partial charge in [-0.15, -0.1) is 11.3 Å². The Bertz CT molecular complexity index is 666. The van der Waals surface area contributed by atoms with Gasteiger partial charge in [-0.25, -0.2) is 4.98 Å². The lowest BCUT2D eigenvalue weighted by Gasteiger charge is -2.31. The average Bonchev–Trinajstić information content (AvgIpc) is 3.05. The molecule has 24 heavy (non-hydrogen) atoms. The first-order valence-corrected chi connectivity index (χ1v) is 9.54. The van der Waals surface area contributed by atoms with E-state index in [1.54, 1.807) is 23.7 Å². The van der Waals surface area contributed by atoms with Crippen LogP contribution in [0.1, 0.15) is 18.5 Å². The molecule has 0 spiro atoms. The van der Waals surface area contributed by atoms with Crippen molar-refractivity contribution in [3.8, 4) is 5.75 Å². The number of hydrogen-bond acceptors (Lipinski definition) is 4. The monoisotopic (exact) mass is 384 g/mol. The van der Waals surface area contributed by atoms with E-state index in [2.05, 4.69) is 4.98 Å². The maximum atomic E-state index is 12.3. The van der Waals surface area contributed by atoms with E-state index in [0.29, 0.717) is 34.7 Å². The minimum atomic E-state index is 0.155. The molecule has 128 valence electrons. The van der Waals surface area contributed by atoms with Crippen molar-refractivity contribution in [3.05, 3.63) is 44.8 Å². The van der Waals surface area contributed by atoms with E-state index in [0.717, 1.165) is 31.6 Å². The fourth-order valence-corrected chi connectivity index (χ4v) is 3.83. The average molecular weight is 385 g/mol. The van der Waals surface area contributed by atoms with Crippen molar-refractivity contribution < 1.29 is 9.53 Å². The maximum Gasteiger partial charge on any atom is 0.228 e. The number of likely N-dealkylation sites (tertiary alicyclic amines) is 1. The largest absolute Gasteiger partial charge is 0.493 e. The lowest BCUT2D eigenvalue weighted by molar-refractivity contribution is -0.132. The summed E-state index contributed by atoms with van der Waals surface area (Å²) in [5.41, 5.74) is 2.61. The molecule has 0 aliphatic carbocycles. The van der Waals surface area contributed by atoms with Crippen LogP contribution >= 0.6 is 34.5 Å². The SMILES string of the molecule is O=C(Cc1cscn1)N1CCC(COc2cc(Cl)cc(Cl)c2)CC1. The molecule has 2 aromatic rings. The van der Waals surface area contributed by atoms with Gasteiger partial charge in [-0.2, -0.15) is 0 Å². The van der Waals surface area contributed by atoms with E-state index in [-0.39, 0.29) is 5.91 Å². The molecule has 2 heterocycles. The third-order valence-electron chi connectivity index (χ3n) is 4.10. The van der Waals surface area contributed by atoms with Crippen LogP contribution in [0.2, 0.25) is 10.0 Å². The second-order valence-electron chi connectivity index (χ2n) is 5.90. The first kappa shape index (κ1) is 17.5. The number of thiazole rings is 1. The van der Waals surface area contributed by atoms with E-state index >= 15 is 0 Å². The molecule has 0 unspecified atom stereocenters. The van der Waals surface area contributed by atoms with Gasteiger partial charge >= 0.3 is 0 Å². The predicted molar refractivity (Wildman–Crippen MR) is 97.1 cm³/mol. The summed E-state index contributed by atoms with van der Waals surface area (Å²) in [4.78, 5) is 18.4. The lowest BCUT2D eigenvalue weighted by Crippen LogP contribution is -2.40. The molecule has 0 saturated carbocycles. The summed E-state index contributed by atoms with van der Waals surface area (Å²) in [6, 6.07) is 5.21. The van der Waals surface area contributed by atoms with Crippen LogP contribution in [0.15, 0.2) is 29.1 Å². The lowest BCUT2D eigenvalue weighted by atomic mass is 9.97. The number of aromatic nitrogens is 1. The molecule has 1 aliphatic rings. The van der Waals surface area contributed by atoms with Crippen molar-refractivity contribution in [2.45, 2.75) is 19.3 Å². The molecule has 1 saturated heterocycles. The van der Waals surface area contributed by atoms with Crippen molar-refractivity contribution in [3.63, 3.8) is 0 Å². The van der Waals surface area contributed by atoms with E-state index in [1.165, 1.54) is 11.3 Å². The van der Waals surface area contributed by atoms with Gasteiger partial charge in [-0.1, -0.05) is 23.2 Å². The quantitative estimate of drug-likeness (QED) is 0.770. The fourth-order valence-electron chi connectivity index (χ4n) is 2.77. The number of hydrogen-bond donors (Lipinski definition) is 0. The summed E-state index contributed by atoms with van der Waals surface area (Å²) in [5.74, 6) is 1.28. The summed E-state index contributed by atoms with van der Waals surface area (Å²) in [6.07, 6.45) is 2.28. The summed E-state index contributed by atoms with van der Waals surface area (Å²) in [7, 11) is 0. The Morgan fingerprint density at radius 2 is 1.96 bits per heavy atom. The number of halogens is 2. The van der Waals surface area contributed by atoms with Crippen LogP contribution < -0.4 is 4.74 Å². The molecule has 4 nitrogen and oxygen atoms in total. The first-order chi connectivity index (χ1) is 11.6. The number of piperidine rings is 1. The van der Waals surface area contributed by atoms with Crippen molar-refractivity contribution in [1.29, 1.82) is 0 Å². The molecule has 1 aromatic heterocycles. The molecular formula is C17H18Cl2N2O2S. The summed E-state index contributed by atoms with van der Waals surface area (Å²) in [6.45, 7) is 2.16. The standard InChI is InChI=1S/C17H18Cl2N2O2S/c18-13-5-14(19)7-16(6-13)23-9-12-1-3-21(4-2-12)17(22)8-15-10-24-11-20-15/h5-7,10-12H,1-4,8-9H2. The van der Waals surface area contributed by atoms with E-state index in [4.69, 9.17) is 27.9 Å². The molecule has 0 radical (unpaired) electrons. The van der Waals surface area contributed by atoms with Gasteiger partial charge in [0, 0.05) is 28.5 Å². The van der Waals surface area contributed by atoms with Crippen molar-refractivity contribution >= 4 is 40.4 Å². The topological polar surface area (TPSA) is 42.4 Å². The maximum absolute atomic E-state index is 12.3. The minimum Gasteiger partial charge on any atom is -0.493 e. The molecule has 1 aromatic carbocycles. The summed E-state index contributed by atoms with van der Waals surface area (Å²) < 4.78 is 5.81. The molecular weight excluding hydrogens is 367 g/mol. The highest BCUT2D eigenvalue weighted by atomic mass is 35.5. The van der Waals surface area contributed by atoms with Gasteiger partial charge in [0.1, 0.15) is 5.75 Å². The number of ether oxygens (including phenoxy) is 1. The molecule has 1 fully saturated rings. The van der Waals surface area contributed by atoms with Crippen molar-refractivity contribution in [2.75, 3.05) is 19.7 Å². The van der Waals surface area contributed by atoms with Gasteiger partial charge in [0.2, 0.25) is 5.91 Å². The van der Waals surface area contributed by atoms with E-state index in [1.807, 2.05) is 10.3 Å². The number of benzene rings is 1. The minimum absolute atomic E-state index is 0.155. The van der Waals surface area contributed by atoms with Crippen LogP contribution in [-0.4, -0.2) is 35.5 Å². The van der Waals surface area contributed by atoms with Gasteiger partial charge in [0.15, 0.2) is 0 Å². The fraction of sp³-hybridized carbons (Fsp3) is 0.412. The molecule has 3 rings (SSSR count). The van der Waals surface area contributed by atoms with Crippen LogP contribution in [0.25, 0.3) is 0 Å². The number of amides is 1. The Balaban J connectivity index is 1.44. The van der Waals surface area contributed by atoms with Gasteiger partial charge in [-0.3, -0.25) is 4.79 Å². The van der Waals surface area contributed by atoms with Crippen molar-refractivity contribution in [2.24, 2.45) is 5.92 Å². The zero-order valence-electron chi connectivity index (χ0n) is 13.1. The van der Waals surface area contributed by atoms with Crippen LogP contribution in [0.3, 0.4) is 0 Å². The van der Waals surface area contributed by atoms with Gasteiger partial charge in [-0.05, 0) is 37.0 Å². The van der Waals surface area contributed by atoms with Gasteiger partial charge < -0.3 is 9.64 Å². The zero-order valence-corrected chi connectivity index (χ0v) is 15.4. The Labute approximate surface area is 155 Å². The highest BCUT2D eigenvalue weighted by molar-refractivity contribution is 7.07. The van der Waals surface area contributed by atoms with E-state index in [9.17, 15) is 4.79 Å². The Morgan fingerprint density at radius 3 is 2.58 bits per heavy atom.